The summed E-state index contributed by atoms with van der Waals surface area (Å²) >= 11 is 6.18. The topological polar surface area (TPSA) is 21.3 Å². The lowest BCUT2D eigenvalue weighted by Gasteiger charge is -2.22. The van der Waals surface area contributed by atoms with Crippen molar-refractivity contribution in [3.8, 4) is 5.75 Å². The molecule has 0 spiro atoms. The molecule has 1 aromatic carbocycles. The van der Waals surface area contributed by atoms with Gasteiger partial charge < -0.3 is 10.1 Å². The fourth-order valence-electron chi connectivity index (χ4n) is 1.37. The molecule has 0 aliphatic rings. The highest BCUT2D eigenvalue weighted by molar-refractivity contribution is 6.32. The second-order valence-corrected chi connectivity index (χ2v) is 5.32. The highest BCUT2D eigenvalue weighted by atomic mass is 35.5. The third kappa shape index (κ3) is 3.69. The summed E-state index contributed by atoms with van der Waals surface area (Å²) in [4.78, 5) is 0. The van der Waals surface area contributed by atoms with Crippen LogP contribution >= 0.6 is 11.6 Å². The maximum atomic E-state index is 6.18. The summed E-state index contributed by atoms with van der Waals surface area (Å²) in [5, 5.41) is 3.84. The Morgan fingerprint density at radius 2 is 1.94 bits per heavy atom. The number of halogens is 1. The van der Waals surface area contributed by atoms with Crippen molar-refractivity contribution in [2.75, 3.05) is 7.05 Å². The number of hydrogen-bond donors (Lipinski definition) is 1. The van der Waals surface area contributed by atoms with E-state index in [1.54, 1.807) is 0 Å². The lowest BCUT2D eigenvalue weighted by molar-refractivity contribution is 0.131. The van der Waals surface area contributed by atoms with Crippen molar-refractivity contribution >= 4 is 11.6 Å². The molecule has 2 nitrogen and oxygen atoms in total. The van der Waals surface area contributed by atoms with Crippen LogP contribution in [-0.2, 0) is 0 Å². The van der Waals surface area contributed by atoms with Gasteiger partial charge in [0, 0.05) is 6.04 Å². The van der Waals surface area contributed by atoms with Gasteiger partial charge >= 0.3 is 0 Å². The van der Waals surface area contributed by atoms with Gasteiger partial charge in [-0.05, 0) is 52.4 Å². The van der Waals surface area contributed by atoms with E-state index in [2.05, 4.69) is 12.2 Å². The van der Waals surface area contributed by atoms with E-state index in [1.165, 1.54) is 0 Å². The zero-order valence-electron chi connectivity index (χ0n) is 10.6. The first-order chi connectivity index (χ1) is 7.33. The first-order valence-electron chi connectivity index (χ1n) is 5.49. The van der Waals surface area contributed by atoms with Gasteiger partial charge in [0.2, 0.25) is 0 Å². The maximum absolute atomic E-state index is 6.18. The smallest absolute Gasteiger partial charge is 0.138 e. The number of ether oxygens (including phenoxy) is 1. The lowest BCUT2D eigenvalue weighted by atomic mass is 10.1. The second kappa shape index (κ2) is 5.07. The molecule has 0 bridgehead atoms. The van der Waals surface area contributed by atoms with Gasteiger partial charge in [-0.15, -0.1) is 0 Å². The molecule has 0 aliphatic heterocycles. The molecule has 0 fully saturated rings. The normalized spacial score (nSPS) is 13.6. The summed E-state index contributed by atoms with van der Waals surface area (Å²) < 4.78 is 5.75. The van der Waals surface area contributed by atoms with Gasteiger partial charge in [-0.25, -0.2) is 0 Å². The van der Waals surface area contributed by atoms with E-state index in [1.807, 2.05) is 46.0 Å². The Balaban J connectivity index is 2.92. The van der Waals surface area contributed by atoms with Crippen molar-refractivity contribution in [3.63, 3.8) is 0 Å². The Bertz CT molecular complexity index is 357. The highest BCUT2D eigenvalue weighted by Gasteiger charge is 2.15. The predicted octanol–water partition coefficient (Wildman–Crippen LogP) is 3.80. The Labute approximate surface area is 103 Å². The molecule has 3 heteroatoms. The summed E-state index contributed by atoms with van der Waals surface area (Å²) in [7, 11) is 1.93. The third-order valence-electron chi connectivity index (χ3n) is 2.31. The van der Waals surface area contributed by atoms with E-state index in [0.29, 0.717) is 11.1 Å². The van der Waals surface area contributed by atoms with Crippen LogP contribution in [0.1, 0.15) is 39.3 Å². The summed E-state index contributed by atoms with van der Waals surface area (Å²) in [6.07, 6.45) is 0. The van der Waals surface area contributed by atoms with Crippen LogP contribution in [0.4, 0.5) is 0 Å². The highest BCUT2D eigenvalue weighted by Crippen LogP contribution is 2.30. The van der Waals surface area contributed by atoms with Crippen LogP contribution in [0.15, 0.2) is 18.2 Å². The molecule has 0 radical (unpaired) electrons. The van der Waals surface area contributed by atoms with Crippen molar-refractivity contribution in [3.05, 3.63) is 28.8 Å². The monoisotopic (exact) mass is 241 g/mol. The van der Waals surface area contributed by atoms with Crippen molar-refractivity contribution in [2.24, 2.45) is 0 Å². The van der Waals surface area contributed by atoms with Gasteiger partial charge in [0.15, 0.2) is 0 Å². The standard InChI is InChI=1S/C13H20ClNO/c1-9(15-5)10-6-7-12(11(14)8-10)16-13(2,3)4/h6-9,15H,1-5H3. The molecular weight excluding hydrogens is 222 g/mol. The Morgan fingerprint density at radius 1 is 1.31 bits per heavy atom. The molecule has 0 heterocycles. The molecule has 90 valence electrons. The molecule has 0 saturated heterocycles. The zero-order valence-corrected chi connectivity index (χ0v) is 11.4. The summed E-state index contributed by atoms with van der Waals surface area (Å²) in [5.41, 5.74) is 0.938. The molecule has 1 rings (SSSR count). The summed E-state index contributed by atoms with van der Waals surface area (Å²) in [5.74, 6) is 0.737. The van der Waals surface area contributed by atoms with E-state index >= 15 is 0 Å². The van der Waals surface area contributed by atoms with Crippen LogP contribution in [0, 0.1) is 0 Å². The number of nitrogens with one attached hydrogen (secondary N) is 1. The number of rotatable bonds is 3. The van der Waals surface area contributed by atoms with Crippen LogP contribution in [0.3, 0.4) is 0 Å². The zero-order chi connectivity index (χ0) is 12.3. The van der Waals surface area contributed by atoms with Gasteiger partial charge in [0.25, 0.3) is 0 Å². The minimum Gasteiger partial charge on any atom is -0.487 e. The van der Waals surface area contributed by atoms with Crippen molar-refractivity contribution in [1.29, 1.82) is 0 Å². The van der Waals surface area contributed by atoms with E-state index in [0.717, 1.165) is 11.3 Å². The van der Waals surface area contributed by atoms with Crippen molar-refractivity contribution in [2.45, 2.75) is 39.3 Å². The Kier molecular flexibility index (Phi) is 4.22. The minimum absolute atomic E-state index is 0.222. The molecule has 0 amide bonds. The Morgan fingerprint density at radius 3 is 2.38 bits per heavy atom. The van der Waals surface area contributed by atoms with Crippen LogP contribution in [0.2, 0.25) is 5.02 Å². The van der Waals surface area contributed by atoms with Crippen molar-refractivity contribution < 1.29 is 4.74 Å². The molecule has 0 saturated carbocycles. The number of benzene rings is 1. The molecule has 1 N–H and O–H groups in total. The van der Waals surface area contributed by atoms with Crippen LogP contribution in [0.5, 0.6) is 5.75 Å². The van der Waals surface area contributed by atoms with Gasteiger partial charge in [-0.2, -0.15) is 0 Å². The first-order valence-corrected chi connectivity index (χ1v) is 5.87. The van der Waals surface area contributed by atoms with Gasteiger partial charge in [-0.3, -0.25) is 0 Å². The molecule has 1 unspecified atom stereocenters. The molecule has 0 aromatic heterocycles. The maximum Gasteiger partial charge on any atom is 0.138 e. The minimum atomic E-state index is -0.222. The summed E-state index contributed by atoms with van der Waals surface area (Å²) in [6, 6.07) is 6.20. The molecule has 0 aliphatic carbocycles. The average Bonchev–Trinajstić information content (AvgIpc) is 2.18. The lowest BCUT2D eigenvalue weighted by Crippen LogP contribution is -2.23. The fraction of sp³-hybridized carbons (Fsp3) is 0.538. The number of hydrogen-bond acceptors (Lipinski definition) is 2. The van der Waals surface area contributed by atoms with Crippen LogP contribution in [0.25, 0.3) is 0 Å². The first kappa shape index (κ1) is 13.3. The second-order valence-electron chi connectivity index (χ2n) is 4.91. The van der Waals surface area contributed by atoms with Gasteiger partial charge in [-0.1, -0.05) is 17.7 Å². The third-order valence-corrected chi connectivity index (χ3v) is 2.60. The van der Waals surface area contributed by atoms with Crippen LogP contribution < -0.4 is 10.1 Å². The van der Waals surface area contributed by atoms with E-state index in [9.17, 15) is 0 Å². The summed E-state index contributed by atoms with van der Waals surface area (Å²) in [6.45, 7) is 8.12. The van der Waals surface area contributed by atoms with Crippen LogP contribution in [-0.4, -0.2) is 12.6 Å². The molecule has 1 atom stereocenters. The Hall–Kier alpha value is -0.730. The quantitative estimate of drug-likeness (QED) is 0.869. The predicted molar refractivity (Wildman–Crippen MR) is 69.3 cm³/mol. The molecule has 1 aromatic rings. The SMILES string of the molecule is CNC(C)c1ccc(OC(C)(C)C)c(Cl)c1. The van der Waals surface area contributed by atoms with E-state index in [4.69, 9.17) is 16.3 Å². The van der Waals surface area contributed by atoms with E-state index in [-0.39, 0.29) is 5.60 Å². The largest absolute Gasteiger partial charge is 0.487 e. The average molecular weight is 242 g/mol. The van der Waals surface area contributed by atoms with E-state index < -0.39 is 0 Å². The van der Waals surface area contributed by atoms with Gasteiger partial charge in [0.1, 0.15) is 11.4 Å². The fourth-order valence-corrected chi connectivity index (χ4v) is 1.59. The van der Waals surface area contributed by atoms with Gasteiger partial charge in [0.05, 0.1) is 5.02 Å². The van der Waals surface area contributed by atoms with Crippen molar-refractivity contribution in [1.82, 2.24) is 5.32 Å². The molecular formula is C13H20ClNO. The molecule has 16 heavy (non-hydrogen) atoms.